The van der Waals surface area contributed by atoms with E-state index in [2.05, 4.69) is 0 Å². The Morgan fingerprint density at radius 3 is 2.46 bits per heavy atom. The maximum atomic E-state index is 12.6. The number of hydrogen-bond donors (Lipinski definition) is 0. The summed E-state index contributed by atoms with van der Waals surface area (Å²) in [5.41, 5.74) is 1.32. The highest BCUT2D eigenvalue weighted by molar-refractivity contribution is 7.39. The number of amides is 1. The Morgan fingerprint density at radius 2 is 1.86 bits per heavy atom. The van der Waals surface area contributed by atoms with E-state index in [1.807, 2.05) is 30.3 Å². The molecule has 0 saturated carbocycles. The van der Waals surface area contributed by atoms with E-state index in [1.54, 1.807) is 25.1 Å². The molecule has 2 atom stereocenters. The van der Waals surface area contributed by atoms with E-state index in [1.165, 1.54) is 12.0 Å². The summed E-state index contributed by atoms with van der Waals surface area (Å²) >= 11 is 12.1. The molecule has 2 aromatic rings. The molecule has 8 heteroatoms. The number of halogens is 2. The summed E-state index contributed by atoms with van der Waals surface area (Å²) in [5.74, 6) is -0.222. The van der Waals surface area contributed by atoms with Crippen molar-refractivity contribution in [2.75, 3.05) is 13.2 Å². The van der Waals surface area contributed by atoms with Crippen molar-refractivity contribution in [1.82, 2.24) is 5.06 Å². The Balaban J connectivity index is 2.09. The topological polar surface area (TPSA) is 55.8 Å². The van der Waals surface area contributed by atoms with E-state index < -0.39 is 13.7 Å². The van der Waals surface area contributed by atoms with E-state index in [9.17, 15) is 9.36 Å². The van der Waals surface area contributed by atoms with Gasteiger partial charge in [-0.2, -0.15) is 0 Å². The van der Waals surface area contributed by atoms with Crippen LogP contribution >= 0.6 is 31.2 Å². The van der Waals surface area contributed by atoms with Crippen molar-refractivity contribution >= 4 is 37.1 Å². The van der Waals surface area contributed by atoms with Crippen molar-refractivity contribution in [1.29, 1.82) is 0 Å². The van der Waals surface area contributed by atoms with Gasteiger partial charge in [-0.25, -0.2) is 5.06 Å². The van der Waals surface area contributed by atoms with Crippen LogP contribution in [0.4, 0.5) is 0 Å². The molecule has 2 unspecified atom stereocenters. The Bertz CT molecular complexity index is 804. The maximum Gasteiger partial charge on any atom is 0.243 e. The normalized spacial score (nSPS) is 13.1. The second-order valence-corrected chi connectivity index (χ2v) is 8.59. The summed E-state index contributed by atoms with van der Waals surface area (Å²) in [7, 11) is -2.39. The summed E-state index contributed by atoms with van der Waals surface area (Å²) in [5, 5.41) is 2.11. The van der Waals surface area contributed by atoms with Gasteiger partial charge in [-0.15, -0.1) is 0 Å². The molecule has 0 fully saturated rings. The van der Waals surface area contributed by atoms with Crippen LogP contribution in [-0.4, -0.2) is 24.1 Å². The van der Waals surface area contributed by atoms with E-state index in [-0.39, 0.29) is 19.1 Å². The monoisotopic (exact) mass is 443 g/mol. The minimum absolute atomic E-state index is 0.222. The molecule has 0 aliphatic heterocycles. The van der Waals surface area contributed by atoms with Gasteiger partial charge in [0, 0.05) is 13.5 Å². The van der Waals surface area contributed by atoms with Gasteiger partial charge in [0.1, 0.15) is 6.61 Å². The van der Waals surface area contributed by atoms with Crippen molar-refractivity contribution in [2.45, 2.75) is 32.5 Å². The smallest absolute Gasteiger partial charge is 0.243 e. The lowest BCUT2D eigenvalue weighted by Gasteiger charge is -2.24. The third kappa shape index (κ3) is 6.91. The third-order valence-corrected chi connectivity index (χ3v) is 6.62. The fraction of sp³-hybridized carbons (Fsp3) is 0.350. The second-order valence-electron chi connectivity index (χ2n) is 6.15. The Morgan fingerprint density at radius 1 is 1.14 bits per heavy atom. The SMILES string of the molecule is CCO[PH](=O)C(CCN(OCc1ccccc1)C(C)=O)c1ccc(Cl)c(Cl)c1. The van der Waals surface area contributed by atoms with Gasteiger partial charge in [0.15, 0.2) is 8.03 Å². The van der Waals surface area contributed by atoms with Crippen LogP contribution in [0.5, 0.6) is 0 Å². The number of carbonyl (C=O) groups excluding carboxylic acids is 1. The minimum atomic E-state index is -2.39. The quantitative estimate of drug-likeness (QED) is 0.338. The van der Waals surface area contributed by atoms with Crippen molar-refractivity contribution in [3.8, 4) is 0 Å². The Hall–Kier alpha value is -1.36. The number of carbonyl (C=O) groups is 1. The molecule has 0 N–H and O–H groups in total. The van der Waals surface area contributed by atoms with E-state index in [0.29, 0.717) is 23.1 Å². The van der Waals surface area contributed by atoms with Crippen LogP contribution < -0.4 is 0 Å². The summed E-state index contributed by atoms with van der Waals surface area (Å²) in [6.07, 6.45) is 0.407. The highest BCUT2D eigenvalue weighted by atomic mass is 35.5. The van der Waals surface area contributed by atoms with Crippen LogP contribution in [-0.2, 0) is 25.3 Å². The lowest BCUT2D eigenvalue weighted by molar-refractivity contribution is -0.189. The fourth-order valence-electron chi connectivity index (χ4n) is 2.68. The first-order valence-corrected chi connectivity index (χ1v) is 11.1. The van der Waals surface area contributed by atoms with Crippen molar-refractivity contribution in [3.63, 3.8) is 0 Å². The lowest BCUT2D eigenvalue weighted by Crippen LogP contribution is -2.30. The zero-order valence-electron chi connectivity index (χ0n) is 15.9. The fourth-order valence-corrected chi connectivity index (χ4v) is 4.29. The van der Waals surface area contributed by atoms with Crippen LogP contribution in [0.2, 0.25) is 10.0 Å². The zero-order chi connectivity index (χ0) is 20.5. The van der Waals surface area contributed by atoms with Gasteiger partial charge in [0.2, 0.25) is 5.91 Å². The number of hydroxylamine groups is 2. The summed E-state index contributed by atoms with van der Waals surface area (Å²) in [6, 6.07) is 14.7. The van der Waals surface area contributed by atoms with Gasteiger partial charge in [0.05, 0.1) is 22.3 Å². The second kappa shape index (κ2) is 11.6. The molecular weight excluding hydrogens is 420 g/mol. The number of nitrogens with zero attached hydrogens (tertiary/aromatic N) is 1. The van der Waals surface area contributed by atoms with Gasteiger partial charge >= 0.3 is 0 Å². The van der Waals surface area contributed by atoms with Crippen LogP contribution in [0.15, 0.2) is 48.5 Å². The van der Waals surface area contributed by atoms with Crippen LogP contribution in [0.1, 0.15) is 37.1 Å². The van der Waals surface area contributed by atoms with E-state index in [4.69, 9.17) is 32.6 Å². The molecular formula is C20H24Cl2NO4P. The Kier molecular flexibility index (Phi) is 9.49. The van der Waals surface area contributed by atoms with E-state index in [0.717, 1.165) is 11.1 Å². The first-order valence-electron chi connectivity index (χ1n) is 8.99. The zero-order valence-corrected chi connectivity index (χ0v) is 18.4. The molecule has 2 aromatic carbocycles. The number of rotatable bonds is 10. The van der Waals surface area contributed by atoms with Crippen LogP contribution in [0, 0.1) is 0 Å². The van der Waals surface area contributed by atoms with Crippen LogP contribution in [0.25, 0.3) is 0 Å². The van der Waals surface area contributed by atoms with E-state index >= 15 is 0 Å². The molecule has 2 rings (SSSR count). The molecule has 0 heterocycles. The molecule has 0 aliphatic carbocycles. The van der Waals surface area contributed by atoms with Crippen molar-refractivity contribution < 1.29 is 18.7 Å². The molecule has 5 nitrogen and oxygen atoms in total. The molecule has 0 aliphatic rings. The van der Waals surface area contributed by atoms with Gasteiger partial charge in [-0.3, -0.25) is 14.2 Å². The molecule has 0 saturated heterocycles. The summed E-state index contributed by atoms with van der Waals surface area (Å²) < 4.78 is 18.0. The van der Waals surface area contributed by atoms with Gasteiger partial charge in [-0.1, -0.05) is 59.6 Å². The third-order valence-electron chi connectivity index (χ3n) is 4.12. The maximum absolute atomic E-state index is 12.6. The number of benzene rings is 2. The average Bonchev–Trinajstić information content (AvgIpc) is 2.67. The van der Waals surface area contributed by atoms with Crippen LogP contribution in [0.3, 0.4) is 0 Å². The Labute approximate surface area is 176 Å². The molecule has 0 radical (unpaired) electrons. The van der Waals surface area contributed by atoms with Crippen molar-refractivity contribution in [2.24, 2.45) is 0 Å². The van der Waals surface area contributed by atoms with Crippen molar-refractivity contribution in [3.05, 3.63) is 69.7 Å². The lowest BCUT2D eigenvalue weighted by atomic mass is 10.1. The minimum Gasteiger partial charge on any atom is -0.330 e. The average molecular weight is 444 g/mol. The molecule has 28 heavy (non-hydrogen) atoms. The summed E-state index contributed by atoms with van der Waals surface area (Å²) in [4.78, 5) is 17.6. The number of hydrogen-bond acceptors (Lipinski definition) is 4. The first-order chi connectivity index (χ1) is 13.4. The molecule has 0 bridgehead atoms. The molecule has 0 aromatic heterocycles. The highest BCUT2D eigenvalue weighted by Crippen LogP contribution is 2.45. The van der Waals surface area contributed by atoms with Gasteiger partial charge in [0.25, 0.3) is 0 Å². The predicted molar refractivity (Wildman–Crippen MR) is 113 cm³/mol. The molecule has 152 valence electrons. The van der Waals surface area contributed by atoms with Gasteiger partial charge < -0.3 is 4.52 Å². The first kappa shape index (κ1) is 22.9. The molecule has 1 amide bonds. The standard InChI is InChI=1S/C20H24Cl2NO4P/c1-3-27-28(25)20(17-9-10-18(21)19(22)13-17)11-12-23(15(2)24)26-14-16-7-5-4-6-8-16/h4-10,13,20,28H,3,11-12,14H2,1-2H3. The predicted octanol–water partition coefficient (Wildman–Crippen LogP) is 5.92. The highest BCUT2D eigenvalue weighted by Gasteiger charge is 2.22. The molecule has 0 spiro atoms. The summed E-state index contributed by atoms with van der Waals surface area (Å²) in [6.45, 7) is 4.12. The van der Waals surface area contributed by atoms with Gasteiger partial charge in [-0.05, 0) is 36.6 Å². The largest absolute Gasteiger partial charge is 0.330 e.